The van der Waals surface area contributed by atoms with Crippen molar-refractivity contribution in [2.45, 2.75) is 39.2 Å². The minimum Gasteiger partial charge on any atom is -0.434 e. The van der Waals surface area contributed by atoms with E-state index in [1.807, 2.05) is 19.9 Å². The third-order valence-electron chi connectivity index (χ3n) is 6.05. The van der Waals surface area contributed by atoms with Crippen LogP contribution in [0.15, 0.2) is 17.9 Å². The van der Waals surface area contributed by atoms with Crippen LogP contribution >= 0.6 is 11.6 Å². The van der Waals surface area contributed by atoms with Crippen LogP contribution in [0.2, 0.25) is 5.02 Å². The van der Waals surface area contributed by atoms with Crippen LogP contribution in [-0.4, -0.2) is 74.9 Å². The third kappa shape index (κ3) is 5.02. The Labute approximate surface area is 199 Å². The molecule has 0 aliphatic carbocycles. The van der Waals surface area contributed by atoms with Gasteiger partial charge in [0.2, 0.25) is 0 Å². The average molecular weight is 483 g/mol. The van der Waals surface area contributed by atoms with Crippen LogP contribution in [0.1, 0.15) is 36.5 Å². The van der Waals surface area contributed by atoms with Gasteiger partial charge in [-0.25, -0.2) is 9.86 Å². The Morgan fingerprint density at radius 2 is 1.79 bits per heavy atom. The molecule has 1 spiro atoms. The highest BCUT2D eigenvalue weighted by molar-refractivity contribution is 6.35. The number of benzene rings is 1. The molecule has 3 rings (SSSR count). The highest BCUT2D eigenvalue weighted by Gasteiger charge is 2.57. The Kier molecular flexibility index (Phi) is 8.36. The van der Waals surface area contributed by atoms with Gasteiger partial charge in [0.15, 0.2) is 5.76 Å². The molecule has 1 aromatic carbocycles. The van der Waals surface area contributed by atoms with E-state index >= 15 is 0 Å². The fourth-order valence-corrected chi connectivity index (χ4v) is 4.48. The van der Waals surface area contributed by atoms with Crippen LogP contribution in [0.3, 0.4) is 0 Å². The summed E-state index contributed by atoms with van der Waals surface area (Å²) in [6, 6.07) is 3.62. The summed E-state index contributed by atoms with van der Waals surface area (Å²) >= 11 is 6.59. The van der Waals surface area contributed by atoms with E-state index < -0.39 is 17.6 Å². The molecule has 0 aromatic heterocycles. The first-order valence-corrected chi connectivity index (χ1v) is 11.3. The van der Waals surface area contributed by atoms with Crippen LogP contribution in [0.4, 0.5) is 4.79 Å². The molecule has 10 heteroatoms. The molecule has 33 heavy (non-hydrogen) atoms. The molecule has 1 amide bonds. The normalized spacial score (nSPS) is 18.4. The van der Waals surface area contributed by atoms with Crippen molar-refractivity contribution in [1.29, 1.82) is 0 Å². The van der Waals surface area contributed by atoms with Crippen LogP contribution < -0.4 is 0 Å². The maximum Gasteiger partial charge on any atom is 0.513 e. The number of methoxy groups -OCH3 is 1. The molecular formula is C23H31ClN2O7. The number of hydroxylamine groups is 4. The smallest absolute Gasteiger partial charge is 0.434 e. The number of rotatable bonds is 8. The fraction of sp³-hybridized carbons (Fsp3) is 0.565. The van der Waals surface area contributed by atoms with Gasteiger partial charge in [-0.15, -0.1) is 0 Å². The number of amides is 1. The van der Waals surface area contributed by atoms with E-state index in [-0.39, 0.29) is 31.2 Å². The lowest BCUT2D eigenvalue weighted by atomic mass is 9.85. The van der Waals surface area contributed by atoms with E-state index in [0.717, 1.165) is 11.1 Å². The number of carbonyl (C=O) groups is 2. The Hall–Kier alpha value is -2.17. The topological polar surface area (TPSA) is 86.8 Å². The molecule has 0 bridgehead atoms. The van der Waals surface area contributed by atoms with Gasteiger partial charge in [0.05, 0.1) is 32.5 Å². The van der Waals surface area contributed by atoms with E-state index in [0.29, 0.717) is 36.5 Å². The minimum absolute atomic E-state index is 0.137. The predicted molar refractivity (Wildman–Crippen MR) is 121 cm³/mol. The highest BCUT2D eigenvalue weighted by atomic mass is 35.5. The Bertz CT molecular complexity index is 926. The molecule has 2 aliphatic heterocycles. The molecule has 2 heterocycles. The van der Waals surface area contributed by atoms with Crippen molar-refractivity contribution >= 4 is 29.2 Å². The first kappa shape index (κ1) is 25.5. The van der Waals surface area contributed by atoms with E-state index in [2.05, 4.69) is 0 Å². The SMILES string of the molecule is CCOC(=O)OC1=C(c2cc(C)c(C)cc2Cl)C(=O)N(OCCOC)C12CCN(OC)CC2. The first-order chi connectivity index (χ1) is 15.8. The second-order valence-corrected chi connectivity index (χ2v) is 8.38. The number of hydrogen-bond acceptors (Lipinski definition) is 8. The van der Waals surface area contributed by atoms with Crippen molar-refractivity contribution in [2.24, 2.45) is 0 Å². The molecule has 0 atom stereocenters. The number of carbonyl (C=O) groups excluding carboxylic acids is 2. The van der Waals surface area contributed by atoms with Gasteiger partial charge < -0.3 is 19.0 Å². The van der Waals surface area contributed by atoms with Crippen molar-refractivity contribution in [1.82, 2.24) is 10.1 Å². The zero-order chi connectivity index (χ0) is 24.2. The lowest BCUT2D eigenvalue weighted by Crippen LogP contribution is -2.55. The first-order valence-electron chi connectivity index (χ1n) is 10.9. The van der Waals surface area contributed by atoms with Gasteiger partial charge in [0.1, 0.15) is 5.54 Å². The minimum atomic E-state index is -1.02. The van der Waals surface area contributed by atoms with Crippen molar-refractivity contribution in [2.75, 3.05) is 47.1 Å². The number of nitrogens with zero attached hydrogens (tertiary/aromatic N) is 2. The van der Waals surface area contributed by atoms with Crippen LogP contribution in [0.5, 0.6) is 0 Å². The Morgan fingerprint density at radius 1 is 1.12 bits per heavy atom. The lowest BCUT2D eigenvalue weighted by Gasteiger charge is -2.43. The molecule has 1 fully saturated rings. The predicted octanol–water partition coefficient (Wildman–Crippen LogP) is 3.66. The Morgan fingerprint density at radius 3 is 2.39 bits per heavy atom. The number of halogens is 1. The summed E-state index contributed by atoms with van der Waals surface area (Å²) in [6.07, 6.45) is -0.0504. The van der Waals surface area contributed by atoms with Gasteiger partial charge >= 0.3 is 6.16 Å². The van der Waals surface area contributed by atoms with Gasteiger partial charge in [-0.05, 0) is 56.9 Å². The van der Waals surface area contributed by atoms with Gasteiger partial charge in [-0.2, -0.15) is 5.06 Å². The molecular weight excluding hydrogens is 452 g/mol. The van der Waals surface area contributed by atoms with E-state index in [1.165, 1.54) is 5.06 Å². The monoisotopic (exact) mass is 482 g/mol. The van der Waals surface area contributed by atoms with Gasteiger partial charge in [-0.1, -0.05) is 11.6 Å². The average Bonchev–Trinajstić information content (AvgIpc) is 2.99. The maximum atomic E-state index is 13.8. The summed E-state index contributed by atoms with van der Waals surface area (Å²) < 4.78 is 15.9. The van der Waals surface area contributed by atoms with E-state index in [1.54, 1.807) is 32.3 Å². The Balaban J connectivity index is 2.17. The molecule has 1 saturated heterocycles. The quantitative estimate of drug-likeness (QED) is 0.410. The third-order valence-corrected chi connectivity index (χ3v) is 6.37. The second-order valence-electron chi connectivity index (χ2n) is 7.97. The number of ether oxygens (including phenoxy) is 3. The molecule has 182 valence electrons. The molecule has 9 nitrogen and oxygen atoms in total. The lowest BCUT2D eigenvalue weighted by molar-refractivity contribution is -0.235. The summed E-state index contributed by atoms with van der Waals surface area (Å²) in [5, 5.41) is 3.48. The molecule has 0 unspecified atom stereocenters. The number of hydrogen-bond donors (Lipinski definition) is 0. The van der Waals surface area contributed by atoms with Crippen LogP contribution in [0, 0.1) is 13.8 Å². The zero-order valence-corrected chi connectivity index (χ0v) is 20.5. The van der Waals surface area contributed by atoms with E-state index in [9.17, 15) is 9.59 Å². The maximum absolute atomic E-state index is 13.8. The second kappa shape index (κ2) is 10.8. The van der Waals surface area contributed by atoms with Crippen LogP contribution in [-0.2, 0) is 28.7 Å². The molecule has 2 aliphatic rings. The fourth-order valence-electron chi connectivity index (χ4n) is 4.17. The zero-order valence-electron chi connectivity index (χ0n) is 19.7. The van der Waals surface area contributed by atoms with E-state index in [4.69, 9.17) is 35.5 Å². The number of piperidine rings is 1. The summed E-state index contributed by atoms with van der Waals surface area (Å²) in [4.78, 5) is 37.5. The van der Waals surface area contributed by atoms with Crippen molar-refractivity contribution < 1.29 is 33.5 Å². The molecule has 0 radical (unpaired) electrons. The van der Waals surface area contributed by atoms with Gasteiger partial charge in [0.25, 0.3) is 5.91 Å². The van der Waals surface area contributed by atoms with Crippen molar-refractivity contribution in [3.8, 4) is 0 Å². The summed E-state index contributed by atoms with van der Waals surface area (Å²) in [6.45, 7) is 7.13. The standard InChI is InChI=1S/C23H31ClN2O7/c1-6-31-22(28)33-20-19(17-13-15(2)16(3)14-18(17)24)21(27)26(32-12-11-29-4)23(20)7-9-25(30-5)10-8-23/h13-14H,6-12H2,1-5H3. The molecule has 0 N–H and O–H groups in total. The summed E-state index contributed by atoms with van der Waals surface area (Å²) in [5.41, 5.74) is 1.59. The highest BCUT2D eigenvalue weighted by Crippen LogP contribution is 2.48. The largest absolute Gasteiger partial charge is 0.513 e. The van der Waals surface area contributed by atoms with Gasteiger partial charge in [-0.3, -0.25) is 9.63 Å². The van der Waals surface area contributed by atoms with Crippen molar-refractivity contribution in [3.05, 3.63) is 39.6 Å². The van der Waals surface area contributed by atoms with Crippen LogP contribution in [0.25, 0.3) is 5.57 Å². The number of aryl methyl sites for hydroxylation is 2. The summed E-state index contributed by atoms with van der Waals surface area (Å²) in [5.74, 6) is -0.245. The molecule has 0 saturated carbocycles. The van der Waals surface area contributed by atoms with Gasteiger partial charge in [0, 0.05) is 30.8 Å². The summed E-state index contributed by atoms with van der Waals surface area (Å²) in [7, 11) is 3.15. The van der Waals surface area contributed by atoms with Crippen molar-refractivity contribution in [3.63, 3.8) is 0 Å². The molecule has 1 aromatic rings.